The largest absolute Gasteiger partial charge is 0.381 e. The summed E-state index contributed by atoms with van der Waals surface area (Å²) in [7, 11) is 0.165. The van der Waals surface area contributed by atoms with E-state index in [0.717, 1.165) is 6.42 Å². The first-order chi connectivity index (χ1) is 9.67. The Morgan fingerprint density at radius 1 is 1.43 bits per heavy atom. The highest BCUT2D eigenvalue weighted by Gasteiger charge is 2.26. The van der Waals surface area contributed by atoms with Gasteiger partial charge in [-0.3, -0.25) is 4.68 Å². The van der Waals surface area contributed by atoms with Crippen molar-refractivity contribution in [3.8, 4) is 0 Å². The van der Waals surface area contributed by atoms with Crippen LogP contribution in [-0.4, -0.2) is 49.8 Å². The molecule has 0 aromatic carbocycles. The standard InChI is InChI=1S/C13H27N5O2S/c1-6-7-18-9-12(13(14)15-18)21(19,20)16-11(10(2)3)8-17(4)5/h9-11,16H,6-8H2,1-5H3,(H2,14,15). The molecule has 0 fully saturated rings. The van der Waals surface area contributed by atoms with Gasteiger partial charge in [-0.25, -0.2) is 13.1 Å². The van der Waals surface area contributed by atoms with Crippen molar-refractivity contribution in [2.75, 3.05) is 26.4 Å². The summed E-state index contributed by atoms with van der Waals surface area (Å²) in [6.45, 7) is 7.24. The van der Waals surface area contributed by atoms with E-state index in [1.807, 2.05) is 39.8 Å². The van der Waals surface area contributed by atoms with Crippen LogP contribution in [0.25, 0.3) is 0 Å². The van der Waals surface area contributed by atoms with Crippen LogP contribution in [-0.2, 0) is 16.6 Å². The molecule has 1 heterocycles. The van der Waals surface area contributed by atoms with Gasteiger partial charge < -0.3 is 10.6 Å². The van der Waals surface area contributed by atoms with Crippen LogP contribution in [0.15, 0.2) is 11.1 Å². The molecule has 0 aliphatic rings. The van der Waals surface area contributed by atoms with Crippen molar-refractivity contribution in [2.24, 2.45) is 5.92 Å². The fourth-order valence-electron chi connectivity index (χ4n) is 2.01. The summed E-state index contributed by atoms with van der Waals surface area (Å²) in [5, 5.41) is 4.04. The topological polar surface area (TPSA) is 93.2 Å². The highest BCUT2D eigenvalue weighted by atomic mass is 32.2. The first-order valence-corrected chi connectivity index (χ1v) is 8.65. The number of sulfonamides is 1. The van der Waals surface area contributed by atoms with Gasteiger partial charge in [0.1, 0.15) is 4.90 Å². The van der Waals surface area contributed by atoms with E-state index in [1.54, 1.807) is 4.68 Å². The summed E-state index contributed by atoms with van der Waals surface area (Å²) < 4.78 is 29.3. The molecule has 1 rings (SSSR count). The number of nitrogens with one attached hydrogen (secondary N) is 1. The van der Waals surface area contributed by atoms with Crippen LogP contribution in [0.2, 0.25) is 0 Å². The molecular weight excluding hydrogens is 290 g/mol. The van der Waals surface area contributed by atoms with Crippen molar-refractivity contribution in [3.63, 3.8) is 0 Å². The lowest BCUT2D eigenvalue weighted by Gasteiger charge is -2.25. The minimum absolute atomic E-state index is 0.0447. The predicted molar refractivity (Wildman–Crippen MR) is 84.4 cm³/mol. The lowest BCUT2D eigenvalue weighted by atomic mass is 10.1. The Kier molecular flexibility index (Phi) is 6.18. The zero-order chi connectivity index (χ0) is 16.2. The molecule has 0 bridgehead atoms. The highest BCUT2D eigenvalue weighted by Crippen LogP contribution is 2.18. The molecule has 21 heavy (non-hydrogen) atoms. The molecule has 0 saturated heterocycles. The van der Waals surface area contributed by atoms with Gasteiger partial charge in [0, 0.05) is 25.3 Å². The predicted octanol–water partition coefficient (Wildman–Crippen LogP) is 0.740. The zero-order valence-electron chi connectivity index (χ0n) is 13.5. The van der Waals surface area contributed by atoms with E-state index < -0.39 is 10.0 Å². The number of hydrogen-bond donors (Lipinski definition) is 2. The van der Waals surface area contributed by atoms with Crippen LogP contribution < -0.4 is 10.5 Å². The van der Waals surface area contributed by atoms with E-state index in [0.29, 0.717) is 13.1 Å². The van der Waals surface area contributed by atoms with Gasteiger partial charge >= 0.3 is 0 Å². The summed E-state index contributed by atoms with van der Waals surface area (Å²) in [6, 6.07) is -0.182. The molecule has 1 atom stereocenters. The Hall–Kier alpha value is -1.12. The quantitative estimate of drug-likeness (QED) is 0.737. The van der Waals surface area contributed by atoms with Crippen LogP contribution in [0.5, 0.6) is 0 Å². The fourth-order valence-corrected chi connectivity index (χ4v) is 3.46. The maximum Gasteiger partial charge on any atom is 0.246 e. The third kappa shape index (κ3) is 4.98. The maximum absolute atomic E-state index is 12.5. The van der Waals surface area contributed by atoms with Gasteiger partial charge in [0.2, 0.25) is 10.0 Å². The third-order valence-electron chi connectivity index (χ3n) is 3.17. The van der Waals surface area contributed by atoms with Crippen LogP contribution >= 0.6 is 0 Å². The molecule has 1 unspecified atom stereocenters. The number of aromatic nitrogens is 2. The average molecular weight is 317 g/mol. The smallest absolute Gasteiger partial charge is 0.246 e. The first-order valence-electron chi connectivity index (χ1n) is 7.17. The molecule has 1 aromatic heterocycles. The van der Waals surface area contributed by atoms with Crippen molar-refractivity contribution in [1.29, 1.82) is 0 Å². The van der Waals surface area contributed by atoms with Crippen molar-refractivity contribution in [2.45, 2.75) is 44.7 Å². The second-order valence-corrected chi connectivity index (χ2v) is 7.56. The fraction of sp³-hybridized carbons (Fsp3) is 0.769. The summed E-state index contributed by atoms with van der Waals surface area (Å²) in [5.41, 5.74) is 5.75. The zero-order valence-corrected chi connectivity index (χ0v) is 14.3. The Bertz CT molecular complexity index is 551. The minimum Gasteiger partial charge on any atom is -0.381 e. The van der Waals surface area contributed by atoms with Gasteiger partial charge in [0.25, 0.3) is 0 Å². The summed E-state index contributed by atoms with van der Waals surface area (Å²) >= 11 is 0. The Morgan fingerprint density at radius 2 is 2.05 bits per heavy atom. The molecule has 0 saturated carbocycles. The monoisotopic (exact) mass is 317 g/mol. The highest BCUT2D eigenvalue weighted by molar-refractivity contribution is 7.89. The van der Waals surface area contributed by atoms with E-state index >= 15 is 0 Å². The third-order valence-corrected chi connectivity index (χ3v) is 4.68. The number of hydrogen-bond acceptors (Lipinski definition) is 5. The van der Waals surface area contributed by atoms with E-state index in [1.165, 1.54) is 6.20 Å². The maximum atomic E-state index is 12.5. The van der Waals surface area contributed by atoms with Crippen molar-refractivity contribution in [1.82, 2.24) is 19.4 Å². The number of anilines is 1. The van der Waals surface area contributed by atoms with E-state index in [4.69, 9.17) is 5.73 Å². The summed E-state index contributed by atoms with van der Waals surface area (Å²) in [5.74, 6) is 0.220. The van der Waals surface area contributed by atoms with Crippen molar-refractivity contribution in [3.05, 3.63) is 6.20 Å². The van der Waals surface area contributed by atoms with Crippen LogP contribution in [0.3, 0.4) is 0 Å². The molecule has 0 aliphatic heterocycles. The number of nitrogens with zero attached hydrogens (tertiary/aromatic N) is 3. The number of rotatable bonds is 8. The summed E-state index contributed by atoms with van der Waals surface area (Å²) in [4.78, 5) is 2.01. The average Bonchev–Trinajstić information content (AvgIpc) is 2.69. The van der Waals surface area contributed by atoms with Gasteiger partial charge in [0.05, 0.1) is 0 Å². The summed E-state index contributed by atoms with van der Waals surface area (Å²) in [6.07, 6.45) is 2.36. The number of likely N-dealkylation sites (N-methyl/N-ethyl adjacent to an activating group) is 1. The number of nitrogen functional groups attached to an aromatic ring is 1. The van der Waals surface area contributed by atoms with Gasteiger partial charge in [0.15, 0.2) is 5.82 Å². The molecule has 7 nitrogen and oxygen atoms in total. The van der Waals surface area contributed by atoms with Crippen LogP contribution in [0.1, 0.15) is 27.2 Å². The Balaban J connectivity index is 2.99. The number of aryl methyl sites for hydroxylation is 1. The molecule has 3 N–H and O–H groups in total. The molecule has 8 heteroatoms. The van der Waals surface area contributed by atoms with Gasteiger partial charge in [-0.2, -0.15) is 5.10 Å². The lowest BCUT2D eigenvalue weighted by Crippen LogP contribution is -2.44. The number of nitrogens with two attached hydrogens (primary N) is 1. The van der Waals surface area contributed by atoms with E-state index in [-0.39, 0.29) is 22.7 Å². The molecule has 1 aromatic rings. The van der Waals surface area contributed by atoms with Crippen LogP contribution in [0.4, 0.5) is 5.82 Å². The normalized spacial score (nSPS) is 14.0. The molecule has 0 spiro atoms. The lowest BCUT2D eigenvalue weighted by molar-refractivity contribution is 0.314. The van der Waals surface area contributed by atoms with Gasteiger partial charge in [-0.05, 0) is 26.4 Å². The van der Waals surface area contributed by atoms with Crippen molar-refractivity contribution >= 4 is 15.8 Å². The Labute approximate surface area is 127 Å². The molecule has 0 aliphatic carbocycles. The Morgan fingerprint density at radius 3 is 2.52 bits per heavy atom. The second kappa shape index (κ2) is 7.24. The van der Waals surface area contributed by atoms with Gasteiger partial charge in [-0.1, -0.05) is 20.8 Å². The molecule has 122 valence electrons. The molecule has 0 radical (unpaired) electrons. The van der Waals surface area contributed by atoms with Gasteiger partial charge in [-0.15, -0.1) is 0 Å². The van der Waals surface area contributed by atoms with Crippen molar-refractivity contribution < 1.29 is 8.42 Å². The van der Waals surface area contributed by atoms with E-state index in [9.17, 15) is 8.42 Å². The molecular formula is C13H27N5O2S. The SMILES string of the molecule is CCCn1cc(S(=O)(=O)NC(CN(C)C)C(C)C)c(N)n1. The van der Waals surface area contributed by atoms with E-state index in [2.05, 4.69) is 9.82 Å². The molecule has 0 amide bonds. The van der Waals surface area contributed by atoms with Crippen LogP contribution in [0, 0.1) is 5.92 Å². The second-order valence-electron chi connectivity index (χ2n) is 5.88. The first kappa shape index (κ1) is 17.9. The minimum atomic E-state index is -3.66.